The molecule has 0 spiro atoms. The smallest absolute Gasteiger partial charge is 0.336 e. The van der Waals surface area contributed by atoms with Gasteiger partial charge >= 0.3 is 5.63 Å². The summed E-state index contributed by atoms with van der Waals surface area (Å²) in [7, 11) is 0. The van der Waals surface area contributed by atoms with Gasteiger partial charge in [0.1, 0.15) is 17.9 Å². The van der Waals surface area contributed by atoms with Crippen molar-refractivity contribution in [2.24, 2.45) is 5.92 Å². The van der Waals surface area contributed by atoms with Crippen molar-refractivity contribution in [1.29, 1.82) is 0 Å². The number of rotatable bonds is 6. The Morgan fingerprint density at radius 1 is 1.23 bits per heavy atom. The molecule has 0 fully saturated rings. The van der Waals surface area contributed by atoms with Crippen LogP contribution in [-0.4, -0.2) is 6.61 Å². The molecule has 0 saturated carbocycles. The van der Waals surface area contributed by atoms with E-state index in [-0.39, 0.29) is 5.63 Å². The molecule has 22 heavy (non-hydrogen) atoms. The van der Waals surface area contributed by atoms with E-state index in [2.05, 4.69) is 32.9 Å². The first-order chi connectivity index (χ1) is 10.5. The van der Waals surface area contributed by atoms with Crippen LogP contribution in [0.25, 0.3) is 11.0 Å². The van der Waals surface area contributed by atoms with Gasteiger partial charge in [0.05, 0.1) is 0 Å². The Morgan fingerprint density at radius 2 is 2.00 bits per heavy atom. The maximum atomic E-state index is 11.2. The van der Waals surface area contributed by atoms with E-state index in [4.69, 9.17) is 9.15 Å². The SMILES string of the molecule is CC(C)=CC(C)CC=CCOc1ccc2ccc(=O)oc2c1. The van der Waals surface area contributed by atoms with Gasteiger partial charge in [0.15, 0.2) is 0 Å². The number of hydrogen-bond donors (Lipinski definition) is 0. The van der Waals surface area contributed by atoms with Crippen molar-refractivity contribution < 1.29 is 9.15 Å². The van der Waals surface area contributed by atoms with Crippen molar-refractivity contribution in [2.45, 2.75) is 27.2 Å². The first-order valence-electron chi connectivity index (χ1n) is 7.51. The molecule has 2 rings (SSSR count). The van der Waals surface area contributed by atoms with Crippen molar-refractivity contribution in [3.05, 3.63) is 64.6 Å². The highest BCUT2D eigenvalue weighted by Crippen LogP contribution is 2.19. The summed E-state index contributed by atoms with van der Waals surface area (Å²) in [6, 6.07) is 8.67. The molecule has 3 heteroatoms. The number of fused-ring (bicyclic) bond motifs is 1. The second-order valence-corrected chi connectivity index (χ2v) is 5.69. The lowest BCUT2D eigenvalue weighted by molar-refractivity contribution is 0.362. The van der Waals surface area contributed by atoms with Crippen LogP contribution in [0.1, 0.15) is 27.2 Å². The van der Waals surface area contributed by atoms with Crippen molar-refractivity contribution in [1.82, 2.24) is 0 Å². The molecule has 0 aliphatic carbocycles. The van der Waals surface area contributed by atoms with E-state index in [1.54, 1.807) is 12.1 Å². The fraction of sp³-hybridized carbons (Fsp3) is 0.316. The van der Waals surface area contributed by atoms with Crippen molar-refractivity contribution in [3.63, 3.8) is 0 Å². The summed E-state index contributed by atoms with van der Waals surface area (Å²) < 4.78 is 10.8. The van der Waals surface area contributed by atoms with Crippen molar-refractivity contribution >= 4 is 11.0 Å². The van der Waals surface area contributed by atoms with Gasteiger partial charge in [0.25, 0.3) is 0 Å². The van der Waals surface area contributed by atoms with Gasteiger partial charge in [-0.25, -0.2) is 4.79 Å². The molecule has 0 saturated heterocycles. The second kappa shape index (κ2) is 7.64. The predicted octanol–water partition coefficient (Wildman–Crippen LogP) is 4.72. The number of allylic oxidation sites excluding steroid dienone is 3. The van der Waals surface area contributed by atoms with Crippen LogP contribution in [0.15, 0.2) is 63.3 Å². The summed E-state index contributed by atoms with van der Waals surface area (Å²) in [6.45, 7) is 6.93. The first-order valence-corrected chi connectivity index (χ1v) is 7.51. The summed E-state index contributed by atoms with van der Waals surface area (Å²) >= 11 is 0. The monoisotopic (exact) mass is 298 g/mol. The third-order valence-electron chi connectivity index (χ3n) is 3.23. The Morgan fingerprint density at radius 3 is 2.77 bits per heavy atom. The van der Waals surface area contributed by atoms with Crippen molar-refractivity contribution in [3.8, 4) is 5.75 Å². The van der Waals surface area contributed by atoms with Crippen LogP contribution >= 0.6 is 0 Å². The van der Waals surface area contributed by atoms with Gasteiger partial charge in [0, 0.05) is 17.5 Å². The van der Waals surface area contributed by atoms with Crippen molar-refractivity contribution in [2.75, 3.05) is 6.61 Å². The highest BCUT2D eigenvalue weighted by molar-refractivity contribution is 5.77. The molecule has 1 aromatic carbocycles. The highest BCUT2D eigenvalue weighted by Gasteiger charge is 2.00. The number of benzene rings is 1. The average Bonchev–Trinajstić information content (AvgIpc) is 2.45. The minimum absolute atomic E-state index is 0.349. The average molecular weight is 298 g/mol. The Kier molecular flexibility index (Phi) is 5.59. The lowest BCUT2D eigenvalue weighted by atomic mass is 10.1. The second-order valence-electron chi connectivity index (χ2n) is 5.69. The standard InChI is InChI=1S/C19H22O3/c1-14(2)12-15(3)6-4-5-11-21-17-9-7-16-8-10-19(20)22-18(16)13-17/h4-5,7-10,12-13,15H,6,11H2,1-3H3. The van der Waals surface area contributed by atoms with Gasteiger partial charge in [0.2, 0.25) is 0 Å². The van der Waals surface area contributed by atoms with E-state index in [0.717, 1.165) is 11.8 Å². The first kappa shape index (κ1) is 16.1. The molecular formula is C19H22O3. The van der Waals surface area contributed by atoms with Gasteiger partial charge < -0.3 is 9.15 Å². The Labute approximate surface area is 130 Å². The van der Waals surface area contributed by atoms with Crippen LogP contribution in [0.3, 0.4) is 0 Å². The van der Waals surface area contributed by atoms with Crippen LogP contribution in [0.2, 0.25) is 0 Å². The fourth-order valence-corrected chi connectivity index (χ4v) is 2.29. The maximum absolute atomic E-state index is 11.2. The Hall–Kier alpha value is -2.29. The fourth-order valence-electron chi connectivity index (χ4n) is 2.29. The number of ether oxygens (including phenoxy) is 1. The molecule has 0 bridgehead atoms. The molecule has 1 unspecified atom stereocenters. The summed E-state index contributed by atoms with van der Waals surface area (Å²) in [5, 5.41) is 0.887. The largest absolute Gasteiger partial charge is 0.489 e. The van der Waals surface area contributed by atoms with E-state index < -0.39 is 0 Å². The molecule has 0 N–H and O–H groups in total. The third kappa shape index (κ3) is 4.92. The lowest BCUT2D eigenvalue weighted by Gasteiger charge is -2.05. The Bertz CT molecular complexity index is 734. The normalized spacial score (nSPS) is 12.5. The molecular weight excluding hydrogens is 276 g/mol. The quantitative estimate of drug-likeness (QED) is 0.572. The van der Waals surface area contributed by atoms with Gasteiger partial charge in [-0.1, -0.05) is 30.7 Å². The molecule has 3 nitrogen and oxygen atoms in total. The van der Waals surface area contributed by atoms with E-state index >= 15 is 0 Å². The third-order valence-corrected chi connectivity index (χ3v) is 3.23. The van der Waals surface area contributed by atoms with Crippen LogP contribution in [0, 0.1) is 5.92 Å². The van der Waals surface area contributed by atoms with E-state index in [9.17, 15) is 4.79 Å². The molecule has 1 atom stereocenters. The zero-order valence-electron chi connectivity index (χ0n) is 13.3. The van der Waals surface area contributed by atoms with Crippen LogP contribution < -0.4 is 10.4 Å². The van der Waals surface area contributed by atoms with Gasteiger partial charge in [-0.15, -0.1) is 0 Å². The molecule has 1 aromatic heterocycles. The van der Waals surface area contributed by atoms with E-state index in [1.165, 1.54) is 11.6 Å². The van der Waals surface area contributed by atoms with Gasteiger partial charge in [-0.3, -0.25) is 0 Å². The minimum Gasteiger partial charge on any atom is -0.489 e. The summed E-state index contributed by atoms with van der Waals surface area (Å²) in [4.78, 5) is 11.2. The molecule has 2 aromatic rings. The van der Waals surface area contributed by atoms with Crippen LogP contribution in [0.4, 0.5) is 0 Å². The topological polar surface area (TPSA) is 39.4 Å². The van der Waals surface area contributed by atoms with E-state index in [1.807, 2.05) is 18.2 Å². The number of hydrogen-bond acceptors (Lipinski definition) is 3. The summed E-state index contributed by atoms with van der Waals surface area (Å²) in [6.07, 6.45) is 7.41. The summed E-state index contributed by atoms with van der Waals surface area (Å²) in [5.74, 6) is 1.24. The predicted molar refractivity (Wildman–Crippen MR) is 90.3 cm³/mol. The molecule has 116 valence electrons. The van der Waals surface area contributed by atoms with Crippen LogP contribution in [0.5, 0.6) is 5.75 Å². The van der Waals surface area contributed by atoms with Gasteiger partial charge in [-0.05, 0) is 44.4 Å². The van der Waals surface area contributed by atoms with E-state index in [0.29, 0.717) is 23.9 Å². The lowest BCUT2D eigenvalue weighted by Crippen LogP contribution is -1.96. The zero-order chi connectivity index (χ0) is 15.9. The molecule has 0 radical (unpaired) electrons. The molecule has 1 heterocycles. The summed E-state index contributed by atoms with van der Waals surface area (Å²) in [5.41, 5.74) is 1.54. The zero-order valence-corrected chi connectivity index (χ0v) is 13.3. The molecule has 0 aliphatic heterocycles. The minimum atomic E-state index is -0.349. The van der Waals surface area contributed by atoms with Gasteiger partial charge in [-0.2, -0.15) is 0 Å². The molecule has 0 aliphatic rings. The maximum Gasteiger partial charge on any atom is 0.336 e. The molecule has 0 amide bonds. The van der Waals surface area contributed by atoms with Crippen LogP contribution in [-0.2, 0) is 0 Å². The highest BCUT2D eigenvalue weighted by atomic mass is 16.5. The Balaban J connectivity index is 1.89.